The molecule has 0 radical (unpaired) electrons. The summed E-state index contributed by atoms with van der Waals surface area (Å²) in [7, 11) is 0. The molecule has 0 bridgehead atoms. The fraction of sp³-hybridized carbons (Fsp3) is 0.176. The van der Waals surface area contributed by atoms with Gasteiger partial charge in [-0.05, 0) is 48.2 Å². The summed E-state index contributed by atoms with van der Waals surface area (Å²) < 4.78 is 0. The minimum Gasteiger partial charge on any atom is -0.479 e. The molecule has 0 aliphatic heterocycles. The summed E-state index contributed by atoms with van der Waals surface area (Å²) >= 11 is 0. The van der Waals surface area contributed by atoms with Crippen LogP contribution in [0.1, 0.15) is 28.3 Å². The first kappa shape index (κ1) is 15.6. The lowest BCUT2D eigenvalue weighted by Crippen LogP contribution is -2.20. The highest BCUT2D eigenvalue weighted by Crippen LogP contribution is 2.22. The van der Waals surface area contributed by atoms with Crippen molar-refractivity contribution in [1.29, 1.82) is 0 Å². The quantitative estimate of drug-likeness (QED) is 0.450. The predicted octanol–water partition coefficient (Wildman–Crippen LogP) is 2.83. The van der Waals surface area contributed by atoms with Crippen LogP contribution in [0.2, 0.25) is 0 Å². The number of aryl methyl sites for hydroxylation is 2. The van der Waals surface area contributed by atoms with E-state index >= 15 is 0 Å². The van der Waals surface area contributed by atoms with Crippen LogP contribution in [0.4, 0.5) is 5.69 Å². The minimum atomic E-state index is -0.921. The van der Waals surface area contributed by atoms with Gasteiger partial charge in [-0.2, -0.15) is 5.10 Å². The van der Waals surface area contributed by atoms with E-state index in [9.17, 15) is 9.90 Å². The number of hydrogen-bond donors (Lipinski definition) is 3. The third-order valence-electron chi connectivity index (χ3n) is 3.56. The van der Waals surface area contributed by atoms with E-state index in [0.29, 0.717) is 0 Å². The van der Waals surface area contributed by atoms with Crippen LogP contribution in [0.3, 0.4) is 0 Å². The molecule has 4 N–H and O–H groups in total. The third-order valence-corrected chi connectivity index (χ3v) is 3.56. The summed E-state index contributed by atoms with van der Waals surface area (Å²) in [6.45, 7) is 3.97. The molecule has 22 heavy (non-hydrogen) atoms. The molecule has 0 aliphatic carbocycles. The molecule has 0 amide bonds. The first-order valence-electron chi connectivity index (χ1n) is 6.91. The van der Waals surface area contributed by atoms with Crippen LogP contribution in [0.5, 0.6) is 0 Å². The normalized spacial score (nSPS) is 12.3. The molecule has 5 nitrogen and oxygen atoms in total. The second-order valence-corrected chi connectivity index (χ2v) is 5.16. The average molecular weight is 297 g/mol. The Morgan fingerprint density at radius 3 is 2.41 bits per heavy atom. The Bertz CT molecular complexity index is 694. The summed E-state index contributed by atoms with van der Waals surface area (Å²) in [5.74, 6) is 4.18. The first-order valence-corrected chi connectivity index (χ1v) is 6.91. The maximum Gasteiger partial charge on any atom is 0.330 e. The largest absolute Gasteiger partial charge is 0.479 e. The number of rotatable bonds is 5. The Kier molecular flexibility index (Phi) is 4.78. The van der Waals surface area contributed by atoms with Gasteiger partial charge in [0.15, 0.2) is 6.04 Å². The Morgan fingerprint density at radius 1 is 1.18 bits per heavy atom. The number of hydrazone groups is 1. The summed E-state index contributed by atoms with van der Waals surface area (Å²) in [5.41, 5.74) is 4.51. The van der Waals surface area contributed by atoms with E-state index < -0.39 is 12.0 Å². The van der Waals surface area contributed by atoms with Crippen LogP contribution in [-0.4, -0.2) is 17.3 Å². The van der Waals surface area contributed by atoms with Gasteiger partial charge in [-0.1, -0.05) is 30.3 Å². The predicted molar refractivity (Wildman–Crippen MR) is 88.1 cm³/mol. The van der Waals surface area contributed by atoms with Crippen molar-refractivity contribution >= 4 is 17.9 Å². The molecule has 0 heterocycles. The van der Waals surface area contributed by atoms with E-state index in [-0.39, 0.29) is 0 Å². The molecule has 0 fully saturated rings. The summed E-state index contributed by atoms with van der Waals surface area (Å²) in [4.78, 5) is 11.6. The molecule has 0 aliphatic rings. The molecule has 2 rings (SSSR count). The van der Waals surface area contributed by atoms with Gasteiger partial charge in [-0.25, -0.2) is 4.79 Å². The van der Waals surface area contributed by atoms with Crippen molar-refractivity contribution in [2.45, 2.75) is 19.9 Å². The number of benzene rings is 2. The van der Waals surface area contributed by atoms with Gasteiger partial charge in [0, 0.05) is 5.69 Å². The van der Waals surface area contributed by atoms with E-state index in [1.165, 1.54) is 6.21 Å². The van der Waals surface area contributed by atoms with Gasteiger partial charge in [-0.15, -0.1) is 0 Å². The monoisotopic (exact) mass is 297 g/mol. The van der Waals surface area contributed by atoms with Crippen molar-refractivity contribution in [3.8, 4) is 0 Å². The number of carbonyl (C=O) groups is 1. The van der Waals surface area contributed by atoms with E-state index in [1.54, 1.807) is 12.1 Å². The zero-order valence-corrected chi connectivity index (χ0v) is 12.6. The fourth-order valence-corrected chi connectivity index (χ4v) is 2.15. The van der Waals surface area contributed by atoms with Gasteiger partial charge in [0.1, 0.15) is 0 Å². The molecule has 5 heteroatoms. The molecule has 2 aromatic carbocycles. The van der Waals surface area contributed by atoms with Crippen LogP contribution < -0.4 is 11.2 Å². The van der Waals surface area contributed by atoms with Crippen LogP contribution in [0.25, 0.3) is 0 Å². The van der Waals surface area contributed by atoms with Crippen molar-refractivity contribution < 1.29 is 9.90 Å². The Balaban J connectivity index is 2.25. The molecular weight excluding hydrogens is 278 g/mol. The summed E-state index contributed by atoms with van der Waals surface area (Å²) in [6, 6.07) is 12.1. The highest BCUT2D eigenvalue weighted by Gasteiger charge is 2.19. The zero-order chi connectivity index (χ0) is 16.1. The summed E-state index contributed by atoms with van der Waals surface area (Å²) in [5, 5.41) is 16.0. The van der Waals surface area contributed by atoms with Crippen LogP contribution >= 0.6 is 0 Å². The number of aliphatic carboxylic acids is 1. The lowest BCUT2D eigenvalue weighted by atomic mass is 10.0. The fourth-order valence-electron chi connectivity index (χ4n) is 2.15. The smallest absolute Gasteiger partial charge is 0.330 e. The number of carboxylic acids is 1. The Labute approximate surface area is 129 Å². The molecular formula is C17H19N3O2. The van der Waals surface area contributed by atoms with E-state index in [4.69, 9.17) is 5.84 Å². The number of carboxylic acid groups (broad SMARTS) is 1. The maximum absolute atomic E-state index is 11.6. The molecule has 1 atom stereocenters. The number of nitrogens with zero attached hydrogens (tertiary/aromatic N) is 1. The van der Waals surface area contributed by atoms with Crippen molar-refractivity contribution in [3.63, 3.8) is 0 Å². The minimum absolute atomic E-state index is 0.722. The van der Waals surface area contributed by atoms with Crippen molar-refractivity contribution in [2.24, 2.45) is 10.9 Å². The van der Waals surface area contributed by atoms with Gasteiger partial charge in [0.05, 0.1) is 6.21 Å². The van der Waals surface area contributed by atoms with E-state index in [1.807, 2.05) is 44.2 Å². The van der Waals surface area contributed by atoms with Crippen molar-refractivity contribution in [2.75, 3.05) is 5.32 Å². The van der Waals surface area contributed by atoms with Gasteiger partial charge in [0.25, 0.3) is 0 Å². The first-order chi connectivity index (χ1) is 10.5. The molecule has 0 saturated carbocycles. The van der Waals surface area contributed by atoms with Crippen LogP contribution in [0.15, 0.2) is 47.6 Å². The lowest BCUT2D eigenvalue weighted by Gasteiger charge is -2.17. The molecule has 1 unspecified atom stereocenters. The molecule has 2 aromatic rings. The third kappa shape index (κ3) is 3.63. The summed E-state index contributed by atoms with van der Waals surface area (Å²) in [6.07, 6.45) is 1.53. The van der Waals surface area contributed by atoms with Gasteiger partial charge >= 0.3 is 5.97 Å². The second-order valence-electron chi connectivity index (χ2n) is 5.16. The Morgan fingerprint density at radius 2 is 1.86 bits per heavy atom. The van der Waals surface area contributed by atoms with Crippen LogP contribution in [0, 0.1) is 13.8 Å². The molecule has 0 spiro atoms. The average Bonchev–Trinajstić information content (AvgIpc) is 2.49. The topological polar surface area (TPSA) is 87.7 Å². The number of nitrogens with two attached hydrogens (primary N) is 1. The SMILES string of the molecule is Cc1ccc(C(Nc2ccc(C=NN)cc2)C(=O)O)cc1C. The lowest BCUT2D eigenvalue weighted by molar-refractivity contribution is -0.138. The van der Waals surface area contributed by atoms with Crippen molar-refractivity contribution in [3.05, 3.63) is 64.7 Å². The highest BCUT2D eigenvalue weighted by atomic mass is 16.4. The number of nitrogens with one attached hydrogen (secondary N) is 1. The highest BCUT2D eigenvalue weighted by molar-refractivity contribution is 5.81. The van der Waals surface area contributed by atoms with Crippen molar-refractivity contribution in [1.82, 2.24) is 0 Å². The second kappa shape index (κ2) is 6.76. The maximum atomic E-state index is 11.6. The van der Waals surface area contributed by atoms with Gasteiger partial charge in [0.2, 0.25) is 0 Å². The van der Waals surface area contributed by atoms with Crippen LogP contribution in [-0.2, 0) is 4.79 Å². The van der Waals surface area contributed by atoms with Gasteiger partial charge in [-0.3, -0.25) is 0 Å². The van der Waals surface area contributed by atoms with E-state index in [0.717, 1.165) is 27.9 Å². The van der Waals surface area contributed by atoms with Gasteiger partial charge < -0.3 is 16.3 Å². The zero-order valence-electron chi connectivity index (χ0n) is 12.6. The molecule has 0 saturated heterocycles. The standard InChI is InChI=1S/C17H19N3O2/c1-11-3-6-14(9-12(11)2)16(17(21)22)20-15-7-4-13(5-8-15)10-19-18/h3-10,16,20H,18H2,1-2H3,(H,21,22). The van der Waals surface area contributed by atoms with E-state index in [2.05, 4.69) is 10.4 Å². The molecule has 0 aromatic heterocycles. The molecule has 114 valence electrons. The number of hydrogen-bond acceptors (Lipinski definition) is 4. The number of anilines is 1. The Hall–Kier alpha value is -2.82.